The molecule has 1 N–H and O–H groups in total. The molecular weight excluding hydrogens is 268 g/mol. The van der Waals surface area contributed by atoms with Crippen molar-refractivity contribution in [2.24, 2.45) is 7.05 Å². The third kappa shape index (κ3) is 1.83. The van der Waals surface area contributed by atoms with Gasteiger partial charge < -0.3 is 5.11 Å². The van der Waals surface area contributed by atoms with E-state index in [0.717, 1.165) is 29.9 Å². The van der Waals surface area contributed by atoms with Crippen LogP contribution in [0, 0.1) is 0 Å². The first-order valence-corrected chi connectivity index (χ1v) is 6.89. The highest BCUT2D eigenvalue weighted by Gasteiger charge is 2.31. The van der Waals surface area contributed by atoms with Gasteiger partial charge in [-0.25, -0.2) is 9.78 Å². The molecule has 2 heterocycles. The van der Waals surface area contributed by atoms with E-state index in [0.29, 0.717) is 11.4 Å². The van der Waals surface area contributed by atoms with Crippen molar-refractivity contribution in [3.63, 3.8) is 0 Å². The molecule has 1 saturated carbocycles. The molecule has 0 aliphatic heterocycles. The average molecular weight is 282 g/mol. The molecule has 0 bridgehead atoms. The monoisotopic (exact) mass is 282 g/mol. The number of carboxylic acid groups (broad SMARTS) is 1. The number of carbonyl (C=O) groups is 1. The first kappa shape index (κ1) is 12.1. The van der Waals surface area contributed by atoms with Gasteiger partial charge in [0.25, 0.3) is 0 Å². The van der Waals surface area contributed by atoms with E-state index < -0.39 is 5.97 Å². The number of rotatable bonds is 3. The van der Waals surface area contributed by atoms with Gasteiger partial charge in [-0.15, -0.1) is 0 Å². The Morgan fingerprint density at radius 1 is 1.38 bits per heavy atom. The van der Waals surface area contributed by atoms with Crippen LogP contribution in [0.3, 0.4) is 0 Å². The Morgan fingerprint density at radius 3 is 2.81 bits per heavy atom. The van der Waals surface area contributed by atoms with E-state index in [9.17, 15) is 9.90 Å². The largest absolute Gasteiger partial charge is 0.478 e. The van der Waals surface area contributed by atoms with E-state index in [2.05, 4.69) is 10.1 Å². The number of carboxylic acids is 1. The Labute approximate surface area is 120 Å². The molecule has 6 nitrogen and oxygen atoms in total. The summed E-state index contributed by atoms with van der Waals surface area (Å²) < 4.78 is 3.77. The number of hydrogen-bond donors (Lipinski definition) is 1. The number of aromatic nitrogens is 4. The molecule has 3 aromatic rings. The quantitative estimate of drug-likeness (QED) is 0.800. The molecule has 1 aliphatic rings. The molecule has 21 heavy (non-hydrogen) atoms. The number of aromatic carboxylic acids is 1. The van der Waals surface area contributed by atoms with Gasteiger partial charge in [0, 0.05) is 19.2 Å². The van der Waals surface area contributed by atoms with Crippen LogP contribution in [0.5, 0.6) is 0 Å². The third-order valence-corrected chi connectivity index (χ3v) is 3.83. The van der Waals surface area contributed by atoms with Gasteiger partial charge >= 0.3 is 5.97 Å². The number of nitrogens with zero attached hydrogens (tertiary/aromatic N) is 4. The summed E-state index contributed by atoms with van der Waals surface area (Å²) in [6.45, 7) is 0. The Bertz CT molecular complexity index is 858. The topological polar surface area (TPSA) is 72.9 Å². The minimum absolute atomic E-state index is 0.247. The third-order valence-electron chi connectivity index (χ3n) is 3.83. The van der Waals surface area contributed by atoms with E-state index in [1.54, 1.807) is 23.0 Å². The second-order valence-corrected chi connectivity index (χ2v) is 5.43. The molecule has 4 rings (SSSR count). The summed E-state index contributed by atoms with van der Waals surface area (Å²) in [5.41, 5.74) is 2.54. The highest BCUT2D eigenvalue weighted by Crippen LogP contribution is 2.42. The zero-order chi connectivity index (χ0) is 14.6. The summed E-state index contributed by atoms with van der Waals surface area (Å²) in [5, 5.41) is 13.6. The smallest absolute Gasteiger partial charge is 0.337 e. The summed E-state index contributed by atoms with van der Waals surface area (Å²) in [6.07, 6.45) is 5.90. The maximum atomic E-state index is 11.4. The van der Waals surface area contributed by atoms with E-state index in [-0.39, 0.29) is 5.56 Å². The standard InChI is InChI=1S/C15H14N4O2/c1-18-8-10(7-16-18)19-12-4-2-3-11(15(20)21)13(12)17-14(19)9-5-6-9/h2-4,7-9H,5-6H2,1H3,(H,20,21). The fourth-order valence-corrected chi connectivity index (χ4v) is 2.70. The van der Waals surface area contributed by atoms with Crippen molar-refractivity contribution in [3.8, 4) is 5.69 Å². The molecule has 0 atom stereocenters. The second kappa shape index (κ2) is 4.18. The second-order valence-electron chi connectivity index (χ2n) is 5.43. The van der Waals surface area contributed by atoms with Crippen LogP contribution in [-0.2, 0) is 7.05 Å². The highest BCUT2D eigenvalue weighted by atomic mass is 16.4. The number of aryl methyl sites for hydroxylation is 1. The lowest BCUT2D eigenvalue weighted by molar-refractivity contribution is 0.0699. The van der Waals surface area contributed by atoms with Crippen molar-refractivity contribution in [1.82, 2.24) is 19.3 Å². The molecule has 0 unspecified atom stereocenters. The number of benzene rings is 1. The number of hydrogen-bond acceptors (Lipinski definition) is 3. The van der Waals surface area contributed by atoms with Crippen molar-refractivity contribution < 1.29 is 9.90 Å². The van der Waals surface area contributed by atoms with Crippen LogP contribution in [0.1, 0.15) is 34.9 Å². The van der Waals surface area contributed by atoms with Crippen molar-refractivity contribution in [2.75, 3.05) is 0 Å². The van der Waals surface area contributed by atoms with E-state index in [4.69, 9.17) is 0 Å². The number of para-hydroxylation sites is 1. The van der Waals surface area contributed by atoms with Crippen molar-refractivity contribution in [2.45, 2.75) is 18.8 Å². The predicted octanol–water partition coefficient (Wildman–Crippen LogP) is 2.33. The fourth-order valence-electron chi connectivity index (χ4n) is 2.70. The highest BCUT2D eigenvalue weighted by molar-refractivity contribution is 6.01. The minimum atomic E-state index is -0.946. The Kier molecular flexibility index (Phi) is 2.42. The van der Waals surface area contributed by atoms with Crippen molar-refractivity contribution in [3.05, 3.63) is 42.0 Å². The van der Waals surface area contributed by atoms with Crippen LogP contribution in [-0.4, -0.2) is 30.4 Å². The molecule has 0 saturated heterocycles. The number of imidazole rings is 1. The summed E-state index contributed by atoms with van der Waals surface area (Å²) in [5.74, 6) is 0.407. The summed E-state index contributed by atoms with van der Waals surface area (Å²) in [6, 6.07) is 5.27. The van der Waals surface area contributed by atoms with Crippen LogP contribution < -0.4 is 0 Å². The molecule has 1 aromatic carbocycles. The first-order valence-electron chi connectivity index (χ1n) is 6.89. The lowest BCUT2D eigenvalue weighted by Gasteiger charge is -2.05. The van der Waals surface area contributed by atoms with Gasteiger partial charge in [-0.05, 0) is 25.0 Å². The van der Waals surface area contributed by atoms with Gasteiger partial charge in [-0.2, -0.15) is 5.10 Å². The molecule has 0 spiro atoms. The van der Waals surface area contributed by atoms with Gasteiger partial charge in [-0.1, -0.05) is 6.07 Å². The fraction of sp³-hybridized carbons (Fsp3) is 0.267. The van der Waals surface area contributed by atoms with Gasteiger partial charge in [0.15, 0.2) is 0 Å². The van der Waals surface area contributed by atoms with Crippen LogP contribution >= 0.6 is 0 Å². The van der Waals surface area contributed by atoms with E-state index in [1.165, 1.54) is 0 Å². The molecule has 1 aliphatic carbocycles. The Morgan fingerprint density at radius 2 is 2.19 bits per heavy atom. The van der Waals surface area contributed by atoms with Crippen LogP contribution in [0.25, 0.3) is 16.7 Å². The van der Waals surface area contributed by atoms with Gasteiger partial charge in [-0.3, -0.25) is 9.25 Å². The average Bonchev–Trinajstić information content (AvgIpc) is 3.10. The van der Waals surface area contributed by atoms with Gasteiger partial charge in [0.1, 0.15) is 11.3 Å². The summed E-state index contributed by atoms with van der Waals surface area (Å²) in [4.78, 5) is 16.0. The van der Waals surface area contributed by atoms with Crippen LogP contribution in [0.4, 0.5) is 0 Å². The lowest BCUT2D eigenvalue weighted by Crippen LogP contribution is -1.99. The molecular formula is C15H14N4O2. The van der Waals surface area contributed by atoms with Gasteiger partial charge in [0.2, 0.25) is 0 Å². The summed E-state index contributed by atoms with van der Waals surface area (Å²) >= 11 is 0. The molecule has 2 aromatic heterocycles. The number of fused-ring (bicyclic) bond motifs is 1. The Hall–Kier alpha value is -2.63. The minimum Gasteiger partial charge on any atom is -0.478 e. The first-order chi connectivity index (χ1) is 10.1. The zero-order valence-electron chi connectivity index (χ0n) is 11.5. The molecule has 0 radical (unpaired) electrons. The molecule has 106 valence electrons. The summed E-state index contributed by atoms with van der Waals surface area (Å²) in [7, 11) is 1.86. The Balaban J connectivity index is 2.05. The van der Waals surface area contributed by atoms with Crippen molar-refractivity contribution >= 4 is 17.0 Å². The van der Waals surface area contributed by atoms with E-state index in [1.807, 2.05) is 23.9 Å². The maximum absolute atomic E-state index is 11.4. The molecule has 1 fully saturated rings. The predicted molar refractivity (Wildman–Crippen MR) is 76.8 cm³/mol. The van der Waals surface area contributed by atoms with Crippen LogP contribution in [0.15, 0.2) is 30.6 Å². The molecule has 6 heteroatoms. The van der Waals surface area contributed by atoms with Crippen LogP contribution in [0.2, 0.25) is 0 Å². The maximum Gasteiger partial charge on any atom is 0.337 e. The van der Waals surface area contributed by atoms with Crippen molar-refractivity contribution in [1.29, 1.82) is 0 Å². The lowest BCUT2D eigenvalue weighted by atomic mass is 10.2. The SMILES string of the molecule is Cn1cc(-n2c(C3CC3)nc3c(C(=O)O)cccc32)cn1. The zero-order valence-corrected chi connectivity index (χ0v) is 11.5. The van der Waals surface area contributed by atoms with E-state index >= 15 is 0 Å². The van der Waals surface area contributed by atoms with Gasteiger partial charge in [0.05, 0.1) is 23.0 Å². The molecule has 0 amide bonds. The normalized spacial score (nSPS) is 14.7.